The van der Waals surface area contributed by atoms with E-state index < -0.39 is 21.4 Å². The third kappa shape index (κ3) is 3.71. The molecule has 0 radical (unpaired) electrons. The predicted octanol–water partition coefficient (Wildman–Crippen LogP) is 1.17. The summed E-state index contributed by atoms with van der Waals surface area (Å²) in [5.41, 5.74) is -5.92. The normalized spacial score (nSPS) is 13.1. The molecular formula is C10H7F3NO4S-. The molecule has 9 heteroatoms. The van der Waals surface area contributed by atoms with Gasteiger partial charge in [0.2, 0.25) is 0 Å². The molecule has 1 aromatic carbocycles. The number of hydrogen-bond acceptors (Lipinski definition) is 4. The lowest BCUT2D eigenvalue weighted by Crippen LogP contribution is -2.27. The first kappa shape index (κ1) is 15.0. The van der Waals surface area contributed by atoms with E-state index >= 15 is 0 Å². The summed E-state index contributed by atoms with van der Waals surface area (Å²) >= 11 is 0. The highest BCUT2D eigenvalue weighted by atomic mass is 32.2. The van der Waals surface area contributed by atoms with E-state index in [1.54, 1.807) is 0 Å². The Hall–Kier alpha value is -2.03. The number of rotatable bonds is 4. The SMILES string of the molecule is C=COc1ccc(/C([O-])=N/S(=O)(=O)C(F)(F)F)cc1. The van der Waals surface area contributed by atoms with Gasteiger partial charge in [0, 0.05) is 5.90 Å². The minimum absolute atomic E-state index is 0.283. The molecule has 1 rings (SSSR count). The van der Waals surface area contributed by atoms with Gasteiger partial charge >= 0.3 is 15.5 Å². The van der Waals surface area contributed by atoms with Crippen molar-refractivity contribution in [3.05, 3.63) is 42.7 Å². The summed E-state index contributed by atoms with van der Waals surface area (Å²) in [6.45, 7) is 3.28. The molecule has 19 heavy (non-hydrogen) atoms. The summed E-state index contributed by atoms with van der Waals surface area (Å²) in [4.78, 5) is 0. The van der Waals surface area contributed by atoms with Crippen LogP contribution >= 0.6 is 0 Å². The van der Waals surface area contributed by atoms with Crippen molar-refractivity contribution in [2.24, 2.45) is 4.40 Å². The van der Waals surface area contributed by atoms with E-state index in [4.69, 9.17) is 4.74 Å². The molecule has 0 atom stereocenters. The van der Waals surface area contributed by atoms with Crippen LogP contribution in [0.2, 0.25) is 0 Å². The fourth-order valence-corrected chi connectivity index (χ4v) is 1.41. The van der Waals surface area contributed by atoms with Gasteiger partial charge in [0.25, 0.3) is 0 Å². The quantitative estimate of drug-likeness (QED) is 0.474. The fourth-order valence-electron chi connectivity index (χ4n) is 0.986. The monoisotopic (exact) mass is 294 g/mol. The summed E-state index contributed by atoms with van der Waals surface area (Å²) in [5.74, 6) is -1.23. The van der Waals surface area contributed by atoms with Gasteiger partial charge < -0.3 is 9.84 Å². The Morgan fingerprint density at radius 2 is 1.84 bits per heavy atom. The number of sulfonamides is 1. The highest BCUT2D eigenvalue weighted by Gasteiger charge is 2.45. The van der Waals surface area contributed by atoms with Gasteiger partial charge in [-0.15, -0.1) is 0 Å². The lowest BCUT2D eigenvalue weighted by atomic mass is 10.2. The number of halogens is 3. The smallest absolute Gasteiger partial charge is 0.518 e. The van der Waals surface area contributed by atoms with Crippen molar-refractivity contribution < 1.29 is 31.4 Å². The minimum atomic E-state index is -5.84. The van der Waals surface area contributed by atoms with Crippen LogP contribution in [0, 0.1) is 0 Å². The largest absolute Gasteiger partial charge is 0.858 e. The molecule has 0 saturated heterocycles. The average Bonchev–Trinajstić information content (AvgIpc) is 2.28. The van der Waals surface area contributed by atoms with Crippen LogP contribution in [0.4, 0.5) is 13.2 Å². The van der Waals surface area contributed by atoms with Crippen LogP contribution in [0.25, 0.3) is 0 Å². The van der Waals surface area contributed by atoms with Gasteiger partial charge in [0.15, 0.2) is 0 Å². The Balaban J connectivity index is 3.07. The van der Waals surface area contributed by atoms with Gasteiger partial charge in [-0.05, 0) is 17.7 Å². The molecule has 5 nitrogen and oxygen atoms in total. The Labute approximate surface area is 106 Å². The molecule has 0 fully saturated rings. The molecule has 0 aliphatic rings. The van der Waals surface area contributed by atoms with Gasteiger partial charge in [-0.2, -0.15) is 26.0 Å². The van der Waals surface area contributed by atoms with E-state index in [1.165, 1.54) is 12.1 Å². The number of ether oxygens (including phenoxy) is 1. The molecule has 1 aromatic rings. The topological polar surface area (TPSA) is 78.8 Å². The van der Waals surface area contributed by atoms with Crippen molar-refractivity contribution in [1.29, 1.82) is 0 Å². The molecule has 0 unspecified atom stereocenters. The van der Waals surface area contributed by atoms with Crippen molar-refractivity contribution >= 4 is 15.9 Å². The second kappa shape index (κ2) is 5.31. The molecule has 0 N–H and O–H groups in total. The van der Waals surface area contributed by atoms with Crippen LogP contribution in [0.5, 0.6) is 5.75 Å². The molecule has 0 saturated carbocycles. The first-order valence-corrected chi connectivity index (χ1v) is 6.07. The molecule has 104 valence electrons. The van der Waals surface area contributed by atoms with Gasteiger partial charge in [-0.3, -0.25) is 0 Å². The minimum Gasteiger partial charge on any atom is -0.858 e. The van der Waals surface area contributed by atoms with Gasteiger partial charge in [0.05, 0.1) is 6.26 Å². The maximum atomic E-state index is 12.0. The van der Waals surface area contributed by atoms with E-state index in [2.05, 4.69) is 11.0 Å². The van der Waals surface area contributed by atoms with Crippen LogP contribution in [0.15, 0.2) is 41.5 Å². The molecule has 0 heterocycles. The molecule has 0 bridgehead atoms. The molecule has 0 amide bonds. The maximum Gasteiger partial charge on any atom is 0.518 e. The maximum absolute atomic E-state index is 12.0. The van der Waals surface area contributed by atoms with Crippen molar-refractivity contribution in [2.75, 3.05) is 0 Å². The van der Waals surface area contributed by atoms with Gasteiger partial charge in [-0.1, -0.05) is 18.7 Å². The Morgan fingerprint density at radius 1 is 1.32 bits per heavy atom. The first-order chi connectivity index (χ1) is 8.67. The Bertz CT molecular complexity index is 590. The van der Waals surface area contributed by atoms with Gasteiger partial charge in [0.1, 0.15) is 5.75 Å². The molecule has 0 aliphatic heterocycles. The lowest BCUT2D eigenvalue weighted by molar-refractivity contribution is -0.212. The predicted molar refractivity (Wildman–Crippen MR) is 58.8 cm³/mol. The van der Waals surface area contributed by atoms with Crippen molar-refractivity contribution in [3.8, 4) is 5.75 Å². The summed E-state index contributed by atoms with van der Waals surface area (Å²) in [5, 5.41) is 11.3. The first-order valence-electron chi connectivity index (χ1n) is 4.63. The fraction of sp³-hybridized carbons (Fsp3) is 0.100. The summed E-state index contributed by atoms with van der Waals surface area (Å²) in [7, 11) is -5.84. The van der Waals surface area contributed by atoms with Crippen molar-refractivity contribution in [1.82, 2.24) is 0 Å². The molecular weight excluding hydrogens is 287 g/mol. The number of hydrogen-bond donors (Lipinski definition) is 0. The number of nitrogens with zero attached hydrogens (tertiary/aromatic N) is 1. The lowest BCUT2D eigenvalue weighted by Gasteiger charge is -2.12. The van der Waals surface area contributed by atoms with E-state index in [-0.39, 0.29) is 11.3 Å². The van der Waals surface area contributed by atoms with Crippen LogP contribution in [0.3, 0.4) is 0 Å². The molecule has 0 spiro atoms. The zero-order valence-electron chi connectivity index (χ0n) is 9.22. The van der Waals surface area contributed by atoms with Crippen LogP contribution < -0.4 is 9.84 Å². The standard InChI is InChI=1S/C10H8F3NO4S/c1-2-18-8-5-3-7(4-6-8)9(15)14-19(16,17)10(11,12)13/h2-6H,1H2,(H,14,15)/p-1. The van der Waals surface area contributed by atoms with E-state index in [1.807, 2.05) is 0 Å². The van der Waals surface area contributed by atoms with Crippen LogP contribution in [0.1, 0.15) is 5.56 Å². The van der Waals surface area contributed by atoms with E-state index in [0.717, 1.165) is 18.4 Å². The highest BCUT2D eigenvalue weighted by Crippen LogP contribution is 2.25. The molecule has 0 aromatic heterocycles. The third-order valence-corrected chi connectivity index (χ3v) is 2.81. The second-order valence-corrected chi connectivity index (χ2v) is 4.72. The van der Waals surface area contributed by atoms with E-state index in [0.29, 0.717) is 0 Å². The molecule has 0 aliphatic carbocycles. The summed E-state index contributed by atoms with van der Waals surface area (Å²) in [6.07, 6.45) is 1.11. The summed E-state index contributed by atoms with van der Waals surface area (Å²) < 4.78 is 64.3. The number of benzene rings is 1. The Morgan fingerprint density at radius 3 is 2.26 bits per heavy atom. The zero-order chi connectivity index (χ0) is 14.7. The third-order valence-electron chi connectivity index (χ3n) is 1.82. The average molecular weight is 294 g/mol. The van der Waals surface area contributed by atoms with Crippen LogP contribution in [-0.2, 0) is 10.0 Å². The van der Waals surface area contributed by atoms with Crippen molar-refractivity contribution in [2.45, 2.75) is 5.51 Å². The zero-order valence-corrected chi connectivity index (χ0v) is 10.0. The van der Waals surface area contributed by atoms with E-state index in [9.17, 15) is 26.7 Å². The summed E-state index contributed by atoms with van der Waals surface area (Å²) in [6, 6.07) is 4.67. The van der Waals surface area contributed by atoms with Gasteiger partial charge in [-0.25, -0.2) is 0 Å². The number of alkyl halides is 3. The Kier molecular flexibility index (Phi) is 4.20. The highest BCUT2D eigenvalue weighted by molar-refractivity contribution is 7.91. The van der Waals surface area contributed by atoms with Crippen LogP contribution in [-0.4, -0.2) is 19.8 Å². The van der Waals surface area contributed by atoms with Crippen molar-refractivity contribution in [3.63, 3.8) is 0 Å². The second-order valence-electron chi connectivity index (χ2n) is 3.13.